The van der Waals surface area contributed by atoms with Crippen molar-refractivity contribution in [2.24, 2.45) is 4.99 Å². The summed E-state index contributed by atoms with van der Waals surface area (Å²) in [4.78, 5) is 4.08. The Balaban J connectivity index is 0.00000324. The van der Waals surface area contributed by atoms with Crippen molar-refractivity contribution in [3.63, 3.8) is 0 Å². The molecule has 0 aliphatic heterocycles. The van der Waals surface area contributed by atoms with Crippen LogP contribution in [0.4, 0.5) is 4.39 Å². The van der Waals surface area contributed by atoms with Gasteiger partial charge in [0.2, 0.25) is 0 Å². The second kappa shape index (κ2) is 8.95. The Bertz CT molecular complexity index is 424. The van der Waals surface area contributed by atoms with Crippen LogP contribution in [0.3, 0.4) is 0 Å². The van der Waals surface area contributed by atoms with Crippen LogP contribution in [0.1, 0.15) is 19.4 Å². The van der Waals surface area contributed by atoms with Gasteiger partial charge in [0.05, 0.1) is 7.11 Å². The van der Waals surface area contributed by atoms with Crippen molar-refractivity contribution in [1.29, 1.82) is 0 Å². The standard InChI is InChI=1S/C13H20FN3O.HI/c1-9(2)17-13(15-3)16-8-10-5-6-12(18-4)11(14)7-10;/h5-7,9H,8H2,1-4H3,(H2,15,16,17);1H. The highest BCUT2D eigenvalue weighted by Gasteiger charge is 2.04. The summed E-state index contributed by atoms with van der Waals surface area (Å²) in [6, 6.07) is 5.18. The molecule has 0 aliphatic carbocycles. The molecule has 0 heterocycles. The molecule has 0 bridgehead atoms. The average molecular weight is 381 g/mol. The van der Waals surface area contributed by atoms with Gasteiger partial charge in [-0.05, 0) is 31.5 Å². The van der Waals surface area contributed by atoms with Crippen LogP contribution in [-0.4, -0.2) is 26.2 Å². The Labute approximate surface area is 130 Å². The molecule has 0 amide bonds. The van der Waals surface area contributed by atoms with Crippen molar-refractivity contribution in [2.45, 2.75) is 26.4 Å². The van der Waals surface area contributed by atoms with Crippen LogP contribution < -0.4 is 15.4 Å². The molecule has 2 N–H and O–H groups in total. The minimum Gasteiger partial charge on any atom is -0.494 e. The summed E-state index contributed by atoms with van der Waals surface area (Å²) < 4.78 is 18.3. The minimum atomic E-state index is -0.358. The maximum Gasteiger partial charge on any atom is 0.191 e. The van der Waals surface area contributed by atoms with E-state index in [0.29, 0.717) is 18.5 Å². The van der Waals surface area contributed by atoms with Gasteiger partial charge in [0.1, 0.15) is 0 Å². The normalized spacial score (nSPS) is 10.9. The molecular formula is C13H21FIN3O. The molecule has 4 nitrogen and oxygen atoms in total. The first-order chi connectivity index (χ1) is 8.56. The molecule has 19 heavy (non-hydrogen) atoms. The van der Waals surface area contributed by atoms with Gasteiger partial charge in [-0.15, -0.1) is 24.0 Å². The number of methoxy groups -OCH3 is 1. The SMILES string of the molecule is CN=C(NCc1ccc(OC)c(F)c1)NC(C)C.I. The topological polar surface area (TPSA) is 45.7 Å². The Morgan fingerprint density at radius 2 is 2.11 bits per heavy atom. The van der Waals surface area contributed by atoms with Crippen LogP contribution in [0.15, 0.2) is 23.2 Å². The first kappa shape index (κ1) is 17.9. The predicted molar refractivity (Wildman–Crippen MR) is 86.8 cm³/mol. The van der Waals surface area contributed by atoms with E-state index in [9.17, 15) is 4.39 Å². The second-order valence-electron chi connectivity index (χ2n) is 4.19. The average Bonchev–Trinajstić information content (AvgIpc) is 2.34. The van der Waals surface area contributed by atoms with Crippen molar-refractivity contribution >= 4 is 29.9 Å². The number of hydrogen-bond donors (Lipinski definition) is 2. The number of hydrogen-bond acceptors (Lipinski definition) is 2. The van der Waals surface area contributed by atoms with E-state index in [1.807, 2.05) is 19.9 Å². The molecule has 6 heteroatoms. The van der Waals surface area contributed by atoms with Crippen LogP contribution >= 0.6 is 24.0 Å². The fourth-order valence-corrected chi connectivity index (χ4v) is 1.47. The van der Waals surface area contributed by atoms with Crippen molar-refractivity contribution in [1.82, 2.24) is 10.6 Å². The van der Waals surface area contributed by atoms with E-state index >= 15 is 0 Å². The van der Waals surface area contributed by atoms with Crippen LogP contribution in [-0.2, 0) is 6.54 Å². The van der Waals surface area contributed by atoms with Gasteiger partial charge in [0.15, 0.2) is 17.5 Å². The summed E-state index contributed by atoms with van der Waals surface area (Å²) in [5.74, 6) is 0.591. The van der Waals surface area contributed by atoms with Crippen LogP contribution in [0, 0.1) is 5.82 Å². The third-order valence-corrected chi connectivity index (χ3v) is 2.33. The first-order valence-electron chi connectivity index (χ1n) is 5.86. The van der Waals surface area contributed by atoms with Crippen LogP contribution in [0.25, 0.3) is 0 Å². The van der Waals surface area contributed by atoms with Gasteiger partial charge in [-0.25, -0.2) is 4.39 Å². The van der Waals surface area contributed by atoms with E-state index < -0.39 is 0 Å². The summed E-state index contributed by atoms with van der Waals surface area (Å²) in [6.45, 7) is 4.56. The Morgan fingerprint density at radius 1 is 1.42 bits per heavy atom. The summed E-state index contributed by atoms with van der Waals surface area (Å²) in [5, 5.41) is 6.27. The van der Waals surface area contributed by atoms with Gasteiger partial charge >= 0.3 is 0 Å². The lowest BCUT2D eigenvalue weighted by molar-refractivity contribution is 0.386. The Kier molecular flexibility index (Phi) is 8.46. The third kappa shape index (κ3) is 6.09. The van der Waals surface area contributed by atoms with Gasteiger partial charge in [0.25, 0.3) is 0 Å². The Morgan fingerprint density at radius 3 is 2.58 bits per heavy atom. The molecule has 0 saturated carbocycles. The zero-order chi connectivity index (χ0) is 13.5. The highest BCUT2D eigenvalue weighted by Crippen LogP contribution is 2.17. The number of rotatable bonds is 4. The van der Waals surface area contributed by atoms with Crippen molar-refractivity contribution in [3.05, 3.63) is 29.6 Å². The summed E-state index contributed by atoms with van der Waals surface area (Å²) in [6.07, 6.45) is 0. The van der Waals surface area contributed by atoms with Gasteiger partial charge in [-0.1, -0.05) is 6.07 Å². The molecule has 0 aliphatic rings. The van der Waals surface area contributed by atoms with E-state index in [2.05, 4.69) is 15.6 Å². The van der Waals surface area contributed by atoms with Gasteiger partial charge in [0, 0.05) is 19.6 Å². The van der Waals surface area contributed by atoms with Gasteiger partial charge in [-0.3, -0.25) is 4.99 Å². The van der Waals surface area contributed by atoms with E-state index in [-0.39, 0.29) is 35.5 Å². The molecular weight excluding hydrogens is 360 g/mol. The van der Waals surface area contributed by atoms with Crippen molar-refractivity contribution < 1.29 is 9.13 Å². The van der Waals surface area contributed by atoms with Gasteiger partial charge < -0.3 is 15.4 Å². The third-order valence-electron chi connectivity index (χ3n) is 2.33. The highest BCUT2D eigenvalue weighted by atomic mass is 127. The molecule has 0 spiro atoms. The quantitative estimate of drug-likeness (QED) is 0.479. The molecule has 0 unspecified atom stereocenters. The van der Waals surface area contributed by atoms with Crippen LogP contribution in [0.5, 0.6) is 5.75 Å². The molecule has 1 aromatic carbocycles. The number of halogens is 2. The monoisotopic (exact) mass is 381 g/mol. The first-order valence-corrected chi connectivity index (χ1v) is 5.86. The van der Waals surface area contributed by atoms with E-state index in [0.717, 1.165) is 5.56 Å². The summed E-state index contributed by atoms with van der Waals surface area (Å²) in [7, 11) is 3.15. The number of nitrogens with one attached hydrogen (secondary N) is 2. The lowest BCUT2D eigenvalue weighted by atomic mass is 10.2. The number of guanidine groups is 1. The predicted octanol–water partition coefficient (Wildman–Crippen LogP) is 2.53. The maximum atomic E-state index is 13.5. The number of benzene rings is 1. The van der Waals surface area contributed by atoms with Gasteiger partial charge in [-0.2, -0.15) is 0 Å². The molecule has 1 rings (SSSR count). The fourth-order valence-electron chi connectivity index (χ4n) is 1.47. The molecule has 0 aromatic heterocycles. The summed E-state index contributed by atoms with van der Waals surface area (Å²) >= 11 is 0. The fraction of sp³-hybridized carbons (Fsp3) is 0.462. The Hall–Kier alpha value is -1.05. The smallest absolute Gasteiger partial charge is 0.191 e. The lowest BCUT2D eigenvalue weighted by Gasteiger charge is -2.14. The van der Waals surface area contributed by atoms with E-state index in [1.54, 1.807) is 13.1 Å². The highest BCUT2D eigenvalue weighted by molar-refractivity contribution is 14.0. The molecule has 0 radical (unpaired) electrons. The van der Waals surface area contributed by atoms with Crippen LogP contribution in [0.2, 0.25) is 0 Å². The number of ether oxygens (including phenoxy) is 1. The molecule has 1 aromatic rings. The largest absolute Gasteiger partial charge is 0.494 e. The molecule has 0 saturated heterocycles. The molecule has 108 valence electrons. The van der Waals surface area contributed by atoms with Crippen molar-refractivity contribution in [3.8, 4) is 5.75 Å². The zero-order valence-electron chi connectivity index (χ0n) is 11.7. The zero-order valence-corrected chi connectivity index (χ0v) is 14.0. The minimum absolute atomic E-state index is 0. The maximum absolute atomic E-state index is 13.5. The summed E-state index contributed by atoms with van der Waals surface area (Å²) in [5.41, 5.74) is 0.833. The molecule has 0 fully saturated rings. The number of aliphatic imine (C=N–C) groups is 1. The van der Waals surface area contributed by atoms with E-state index in [4.69, 9.17) is 4.74 Å². The second-order valence-corrected chi connectivity index (χ2v) is 4.19. The van der Waals surface area contributed by atoms with Crippen molar-refractivity contribution in [2.75, 3.05) is 14.2 Å². The van der Waals surface area contributed by atoms with E-state index in [1.165, 1.54) is 13.2 Å². The number of nitrogens with zero attached hydrogens (tertiary/aromatic N) is 1. The lowest BCUT2D eigenvalue weighted by Crippen LogP contribution is -2.40. The molecule has 0 atom stereocenters.